The Balaban J connectivity index is 1.61. The van der Waals surface area contributed by atoms with E-state index in [0.29, 0.717) is 0 Å². The number of nitrogens with one attached hydrogen (secondary N) is 2. The fraction of sp³-hybridized carbons (Fsp3) is 0.458. The standard InChI is InChI=1S/C24H33N7/c1-4-29-16-18-30(19-17-29)23(21-10-12-22(13-11-21)28(2)3)24-25-26-27-31(24)15-14-20-8-6-5-7-9-20/h5-13,23H,4,14-19H2,1-3H3/p+2/t23-/m0/s1. The normalized spacial score (nSPS) is 19.8. The van der Waals surface area contributed by atoms with Crippen molar-refractivity contribution in [2.24, 2.45) is 0 Å². The fourth-order valence-electron chi connectivity index (χ4n) is 4.56. The number of aryl methyl sites for hydroxylation is 2. The van der Waals surface area contributed by atoms with Gasteiger partial charge < -0.3 is 14.7 Å². The summed E-state index contributed by atoms with van der Waals surface area (Å²) >= 11 is 0. The maximum atomic E-state index is 4.54. The molecule has 1 aromatic heterocycles. The van der Waals surface area contributed by atoms with Crippen molar-refractivity contribution in [2.45, 2.75) is 25.9 Å². The van der Waals surface area contributed by atoms with Gasteiger partial charge in [-0.2, -0.15) is 0 Å². The molecule has 164 valence electrons. The van der Waals surface area contributed by atoms with E-state index in [4.69, 9.17) is 0 Å². The van der Waals surface area contributed by atoms with Crippen molar-refractivity contribution >= 4 is 5.69 Å². The van der Waals surface area contributed by atoms with E-state index in [1.54, 1.807) is 9.80 Å². The molecule has 0 amide bonds. The first-order chi connectivity index (χ1) is 15.2. The largest absolute Gasteiger partial charge is 0.378 e. The number of aromatic nitrogens is 4. The highest BCUT2D eigenvalue weighted by Crippen LogP contribution is 2.21. The van der Waals surface area contributed by atoms with Gasteiger partial charge >= 0.3 is 0 Å². The van der Waals surface area contributed by atoms with Gasteiger partial charge in [0.15, 0.2) is 6.04 Å². The van der Waals surface area contributed by atoms with Crippen LogP contribution in [0, 0.1) is 0 Å². The van der Waals surface area contributed by atoms with Crippen molar-refractivity contribution in [3.63, 3.8) is 0 Å². The molecule has 7 heteroatoms. The number of hydrogen-bond donors (Lipinski definition) is 2. The molecule has 1 atom stereocenters. The van der Waals surface area contributed by atoms with Crippen LogP contribution in [0.3, 0.4) is 0 Å². The molecule has 0 bridgehead atoms. The first-order valence-electron chi connectivity index (χ1n) is 11.4. The number of benzene rings is 2. The molecule has 0 aliphatic carbocycles. The van der Waals surface area contributed by atoms with E-state index in [0.717, 1.165) is 31.9 Å². The van der Waals surface area contributed by atoms with Gasteiger partial charge in [0.1, 0.15) is 26.2 Å². The third kappa shape index (κ3) is 5.11. The van der Waals surface area contributed by atoms with Gasteiger partial charge in [-0.1, -0.05) is 42.5 Å². The van der Waals surface area contributed by atoms with Crippen LogP contribution >= 0.6 is 0 Å². The summed E-state index contributed by atoms with van der Waals surface area (Å²) in [6.45, 7) is 8.93. The molecule has 31 heavy (non-hydrogen) atoms. The third-order valence-corrected chi connectivity index (χ3v) is 6.52. The highest BCUT2D eigenvalue weighted by atomic mass is 15.6. The molecule has 2 N–H and O–H groups in total. The van der Waals surface area contributed by atoms with Gasteiger partial charge in [0, 0.05) is 31.9 Å². The van der Waals surface area contributed by atoms with E-state index in [1.165, 1.54) is 36.4 Å². The second-order valence-electron chi connectivity index (χ2n) is 8.68. The molecular weight excluding hydrogens is 386 g/mol. The Morgan fingerprint density at radius 3 is 2.32 bits per heavy atom. The number of hydrogen-bond acceptors (Lipinski definition) is 4. The highest BCUT2D eigenvalue weighted by molar-refractivity contribution is 5.46. The van der Waals surface area contributed by atoms with Gasteiger partial charge in [0.05, 0.1) is 6.54 Å². The van der Waals surface area contributed by atoms with Crippen LogP contribution in [0.5, 0.6) is 0 Å². The first-order valence-corrected chi connectivity index (χ1v) is 11.4. The molecule has 3 aromatic rings. The molecule has 0 spiro atoms. The smallest absolute Gasteiger partial charge is 0.214 e. The van der Waals surface area contributed by atoms with Crippen LogP contribution in [0.15, 0.2) is 54.6 Å². The monoisotopic (exact) mass is 421 g/mol. The van der Waals surface area contributed by atoms with Crippen LogP contribution < -0.4 is 14.7 Å². The summed E-state index contributed by atoms with van der Waals surface area (Å²) in [6, 6.07) is 19.6. The number of nitrogens with zero attached hydrogens (tertiary/aromatic N) is 5. The van der Waals surface area contributed by atoms with E-state index in [9.17, 15) is 0 Å². The van der Waals surface area contributed by atoms with Crippen LogP contribution in [0.1, 0.15) is 29.9 Å². The minimum Gasteiger partial charge on any atom is -0.378 e. The number of anilines is 1. The Labute approximate surface area is 185 Å². The summed E-state index contributed by atoms with van der Waals surface area (Å²) in [6.07, 6.45) is 0.925. The zero-order chi connectivity index (χ0) is 21.6. The minimum absolute atomic E-state index is 0.153. The Bertz CT molecular complexity index is 928. The fourth-order valence-corrected chi connectivity index (χ4v) is 4.56. The average Bonchev–Trinajstić information content (AvgIpc) is 3.27. The van der Waals surface area contributed by atoms with Crippen LogP contribution in [-0.2, 0) is 13.0 Å². The summed E-state index contributed by atoms with van der Waals surface area (Å²) in [7, 11) is 4.16. The molecule has 0 saturated carbocycles. The number of tetrazole rings is 1. The van der Waals surface area contributed by atoms with Crippen LogP contribution in [0.25, 0.3) is 0 Å². The number of rotatable bonds is 8. The Morgan fingerprint density at radius 2 is 1.68 bits per heavy atom. The number of piperazine rings is 1. The van der Waals surface area contributed by atoms with E-state index in [1.807, 2.05) is 4.68 Å². The number of quaternary nitrogens is 2. The van der Waals surface area contributed by atoms with Gasteiger partial charge in [-0.15, -0.1) is 5.10 Å². The second kappa shape index (κ2) is 10.0. The maximum absolute atomic E-state index is 4.54. The van der Waals surface area contributed by atoms with Crippen LogP contribution in [-0.4, -0.2) is 67.0 Å². The third-order valence-electron chi connectivity index (χ3n) is 6.52. The molecule has 1 aliphatic heterocycles. The molecular formula is C24H35N7+2. The molecule has 0 radical (unpaired) electrons. The average molecular weight is 422 g/mol. The lowest BCUT2D eigenvalue weighted by molar-refractivity contribution is -1.02. The predicted octanol–water partition coefficient (Wildman–Crippen LogP) is -0.125. The van der Waals surface area contributed by atoms with Crippen molar-refractivity contribution in [2.75, 3.05) is 51.7 Å². The topological polar surface area (TPSA) is 55.7 Å². The van der Waals surface area contributed by atoms with Gasteiger partial charge in [0.2, 0.25) is 5.82 Å². The molecule has 0 unspecified atom stereocenters. The zero-order valence-electron chi connectivity index (χ0n) is 19.0. The Hall–Kier alpha value is -2.77. The first kappa shape index (κ1) is 21.5. The van der Waals surface area contributed by atoms with Gasteiger partial charge in [0.25, 0.3) is 0 Å². The van der Waals surface area contributed by atoms with Crippen LogP contribution in [0.4, 0.5) is 5.69 Å². The summed E-state index contributed by atoms with van der Waals surface area (Å²) < 4.78 is 2.02. The van der Waals surface area contributed by atoms with E-state index in [-0.39, 0.29) is 6.04 Å². The minimum atomic E-state index is 0.153. The molecule has 2 heterocycles. The van der Waals surface area contributed by atoms with Crippen molar-refractivity contribution in [3.8, 4) is 0 Å². The lowest BCUT2D eigenvalue weighted by Crippen LogP contribution is -3.28. The Morgan fingerprint density at radius 1 is 0.968 bits per heavy atom. The van der Waals surface area contributed by atoms with Crippen molar-refractivity contribution in [1.29, 1.82) is 0 Å². The van der Waals surface area contributed by atoms with Crippen molar-refractivity contribution < 1.29 is 9.80 Å². The van der Waals surface area contributed by atoms with Crippen molar-refractivity contribution in [3.05, 3.63) is 71.5 Å². The lowest BCUT2D eigenvalue weighted by atomic mass is 10.0. The van der Waals surface area contributed by atoms with E-state index < -0.39 is 0 Å². The number of likely N-dealkylation sites (N-methyl/N-ethyl adjacent to an activating group) is 1. The van der Waals surface area contributed by atoms with Crippen molar-refractivity contribution in [1.82, 2.24) is 20.2 Å². The second-order valence-corrected chi connectivity index (χ2v) is 8.68. The molecule has 7 nitrogen and oxygen atoms in total. The quantitative estimate of drug-likeness (QED) is 0.532. The molecule has 1 aliphatic rings. The SMILES string of the molecule is CC[NH+]1CC[NH+]([C@@H](c2ccc(N(C)C)cc2)c2nnnn2CCc2ccccc2)CC1. The highest BCUT2D eigenvalue weighted by Gasteiger charge is 2.35. The maximum Gasteiger partial charge on any atom is 0.214 e. The summed E-state index contributed by atoms with van der Waals surface area (Å²) in [5, 5.41) is 13.0. The molecule has 2 aromatic carbocycles. The lowest BCUT2D eigenvalue weighted by Gasteiger charge is -2.34. The predicted molar refractivity (Wildman–Crippen MR) is 123 cm³/mol. The van der Waals surface area contributed by atoms with E-state index in [2.05, 4.69) is 96.0 Å². The summed E-state index contributed by atoms with van der Waals surface area (Å²) in [4.78, 5) is 5.39. The van der Waals surface area contributed by atoms with Gasteiger partial charge in [-0.25, -0.2) is 4.68 Å². The molecule has 1 saturated heterocycles. The molecule has 1 fully saturated rings. The summed E-state index contributed by atoms with van der Waals surface area (Å²) in [5.41, 5.74) is 3.81. The van der Waals surface area contributed by atoms with Gasteiger partial charge in [-0.3, -0.25) is 0 Å². The Kier molecular flexibility index (Phi) is 6.94. The molecule has 4 rings (SSSR count). The zero-order valence-corrected chi connectivity index (χ0v) is 19.0. The van der Waals surface area contributed by atoms with E-state index >= 15 is 0 Å². The van der Waals surface area contributed by atoms with Gasteiger partial charge in [-0.05, 0) is 41.5 Å². The summed E-state index contributed by atoms with van der Waals surface area (Å²) in [5.74, 6) is 0.975. The van der Waals surface area contributed by atoms with Crippen LogP contribution in [0.2, 0.25) is 0 Å².